The maximum atomic E-state index is 6.72. The lowest BCUT2D eigenvalue weighted by molar-refractivity contribution is 0.127. The van der Waals surface area contributed by atoms with E-state index in [0.29, 0.717) is 5.92 Å². The predicted molar refractivity (Wildman–Crippen MR) is 77.8 cm³/mol. The Morgan fingerprint density at radius 1 is 0.889 bits per heavy atom. The van der Waals surface area contributed by atoms with Gasteiger partial charge in [-0.05, 0) is 42.6 Å². The van der Waals surface area contributed by atoms with Crippen molar-refractivity contribution < 1.29 is 0 Å². The summed E-state index contributed by atoms with van der Waals surface area (Å²) in [6.45, 7) is 0. The molecule has 0 heterocycles. The molecule has 1 aromatic rings. The fourth-order valence-electron chi connectivity index (χ4n) is 4.08. The molecule has 1 heteroatoms. The summed E-state index contributed by atoms with van der Waals surface area (Å²) >= 11 is 6.72. The second-order valence-electron chi connectivity index (χ2n) is 6.19. The van der Waals surface area contributed by atoms with Gasteiger partial charge in [-0.1, -0.05) is 56.0 Å². The van der Waals surface area contributed by atoms with Gasteiger partial charge in [0.1, 0.15) is 0 Å². The lowest BCUT2D eigenvalue weighted by atomic mass is 9.66. The molecule has 98 valence electrons. The van der Waals surface area contributed by atoms with Gasteiger partial charge in [0.15, 0.2) is 0 Å². The molecule has 2 fully saturated rings. The van der Waals surface area contributed by atoms with Crippen LogP contribution in [0.15, 0.2) is 30.3 Å². The smallest absolute Gasteiger partial charge is 0.0613 e. The van der Waals surface area contributed by atoms with Crippen LogP contribution in [0.4, 0.5) is 0 Å². The molecule has 0 aliphatic heterocycles. The number of hydrogen-bond acceptors (Lipinski definition) is 0. The molecule has 1 aromatic carbocycles. The molecule has 4 atom stereocenters. The first-order chi connectivity index (χ1) is 8.84. The zero-order valence-electron chi connectivity index (χ0n) is 11.0. The van der Waals surface area contributed by atoms with Crippen LogP contribution in [0, 0.1) is 17.8 Å². The van der Waals surface area contributed by atoms with Crippen LogP contribution in [0.1, 0.15) is 55.9 Å². The minimum absolute atomic E-state index is 0.231. The largest absolute Gasteiger partial charge is 0.118 e. The van der Waals surface area contributed by atoms with Crippen LogP contribution in [0.3, 0.4) is 0 Å². The van der Waals surface area contributed by atoms with Crippen LogP contribution < -0.4 is 0 Å². The Labute approximate surface area is 116 Å². The highest BCUT2D eigenvalue weighted by Gasteiger charge is 2.35. The molecule has 0 N–H and O–H groups in total. The standard InChI is InChI=1S/C17H23Cl/c18-17(14-7-2-1-3-8-14)16-11-10-13-6-4-5-9-15(13)12-16/h1-3,7-8,13,15-17H,4-6,9-12H2. The highest BCUT2D eigenvalue weighted by Crippen LogP contribution is 2.47. The molecule has 2 aliphatic carbocycles. The van der Waals surface area contributed by atoms with E-state index in [-0.39, 0.29) is 5.38 Å². The van der Waals surface area contributed by atoms with Crippen LogP contribution >= 0.6 is 11.6 Å². The lowest BCUT2D eigenvalue weighted by Crippen LogP contribution is -2.29. The van der Waals surface area contributed by atoms with Gasteiger partial charge in [0.25, 0.3) is 0 Å². The quantitative estimate of drug-likeness (QED) is 0.611. The van der Waals surface area contributed by atoms with Crippen molar-refractivity contribution in [1.82, 2.24) is 0 Å². The summed E-state index contributed by atoms with van der Waals surface area (Å²) in [5, 5.41) is 0.231. The number of hydrogen-bond donors (Lipinski definition) is 0. The maximum Gasteiger partial charge on any atom is 0.0613 e. The van der Waals surface area contributed by atoms with Gasteiger partial charge in [-0.3, -0.25) is 0 Å². The van der Waals surface area contributed by atoms with Crippen molar-refractivity contribution in [3.63, 3.8) is 0 Å². The fourth-order valence-corrected chi connectivity index (χ4v) is 4.46. The first-order valence-corrected chi connectivity index (χ1v) is 7.97. The molecule has 0 spiro atoms. The van der Waals surface area contributed by atoms with Gasteiger partial charge in [0, 0.05) is 0 Å². The van der Waals surface area contributed by atoms with Gasteiger partial charge in [0.05, 0.1) is 5.38 Å². The number of benzene rings is 1. The molecule has 0 bridgehead atoms. The number of alkyl halides is 1. The summed E-state index contributed by atoms with van der Waals surface area (Å²) in [5.41, 5.74) is 1.32. The zero-order valence-corrected chi connectivity index (χ0v) is 11.8. The normalized spacial score (nSPS) is 33.7. The van der Waals surface area contributed by atoms with Gasteiger partial charge >= 0.3 is 0 Å². The fraction of sp³-hybridized carbons (Fsp3) is 0.647. The van der Waals surface area contributed by atoms with Crippen molar-refractivity contribution in [2.45, 2.75) is 50.3 Å². The molecule has 0 radical (unpaired) electrons. The minimum atomic E-state index is 0.231. The first kappa shape index (κ1) is 12.5. The van der Waals surface area contributed by atoms with Crippen LogP contribution in [0.5, 0.6) is 0 Å². The molecule has 2 aliphatic rings. The first-order valence-electron chi connectivity index (χ1n) is 7.53. The van der Waals surface area contributed by atoms with E-state index < -0.39 is 0 Å². The van der Waals surface area contributed by atoms with E-state index in [1.54, 1.807) is 0 Å². The Balaban J connectivity index is 1.67. The summed E-state index contributed by atoms with van der Waals surface area (Å²) in [6.07, 6.45) is 9.99. The van der Waals surface area contributed by atoms with Crippen molar-refractivity contribution in [2.24, 2.45) is 17.8 Å². The van der Waals surface area contributed by atoms with Crippen molar-refractivity contribution >= 4 is 11.6 Å². The van der Waals surface area contributed by atoms with Crippen LogP contribution in [-0.4, -0.2) is 0 Å². The Bertz CT molecular complexity index is 372. The highest BCUT2D eigenvalue weighted by molar-refractivity contribution is 6.21. The Morgan fingerprint density at radius 3 is 2.39 bits per heavy atom. The highest BCUT2D eigenvalue weighted by atomic mass is 35.5. The molecule has 0 amide bonds. The van der Waals surface area contributed by atoms with Gasteiger partial charge < -0.3 is 0 Å². The van der Waals surface area contributed by atoms with E-state index in [4.69, 9.17) is 11.6 Å². The van der Waals surface area contributed by atoms with Gasteiger partial charge in [-0.2, -0.15) is 0 Å². The lowest BCUT2D eigenvalue weighted by Gasteiger charge is -2.40. The van der Waals surface area contributed by atoms with E-state index in [0.717, 1.165) is 11.8 Å². The molecule has 18 heavy (non-hydrogen) atoms. The van der Waals surface area contributed by atoms with Crippen molar-refractivity contribution in [3.05, 3.63) is 35.9 Å². The molecule has 3 rings (SSSR count). The van der Waals surface area contributed by atoms with Crippen molar-refractivity contribution in [2.75, 3.05) is 0 Å². The Morgan fingerprint density at radius 2 is 1.61 bits per heavy atom. The minimum Gasteiger partial charge on any atom is -0.118 e. The summed E-state index contributed by atoms with van der Waals surface area (Å²) in [4.78, 5) is 0. The monoisotopic (exact) mass is 262 g/mol. The van der Waals surface area contributed by atoms with Crippen LogP contribution in [-0.2, 0) is 0 Å². The molecule has 0 nitrogen and oxygen atoms in total. The van der Waals surface area contributed by atoms with E-state index in [1.165, 1.54) is 50.5 Å². The van der Waals surface area contributed by atoms with Crippen molar-refractivity contribution in [3.8, 4) is 0 Å². The summed E-state index contributed by atoms with van der Waals surface area (Å²) in [7, 11) is 0. The summed E-state index contributed by atoms with van der Waals surface area (Å²) in [5.74, 6) is 2.70. The Hall–Kier alpha value is -0.490. The second kappa shape index (κ2) is 5.65. The summed E-state index contributed by atoms with van der Waals surface area (Å²) < 4.78 is 0. The topological polar surface area (TPSA) is 0 Å². The van der Waals surface area contributed by atoms with E-state index in [1.807, 2.05) is 0 Å². The SMILES string of the molecule is ClC(c1ccccc1)C1CCC2CCCCC2C1. The molecule has 4 unspecified atom stereocenters. The van der Waals surface area contributed by atoms with Crippen LogP contribution in [0.25, 0.3) is 0 Å². The third-order valence-corrected chi connectivity index (χ3v) is 5.72. The number of halogens is 1. The van der Waals surface area contributed by atoms with E-state index in [9.17, 15) is 0 Å². The molecular formula is C17H23Cl. The Kier molecular flexibility index (Phi) is 3.94. The number of rotatable bonds is 2. The number of fused-ring (bicyclic) bond motifs is 1. The van der Waals surface area contributed by atoms with Gasteiger partial charge in [-0.15, -0.1) is 11.6 Å². The molecule has 0 saturated heterocycles. The molecule has 2 saturated carbocycles. The molecular weight excluding hydrogens is 240 g/mol. The predicted octanol–water partition coefficient (Wildman–Crippen LogP) is 5.57. The van der Waals surface area contributed by atoms with E-state index in [2.05, 4.69) is 30.3 Å². The van der Waals surface area contributed by atoms with Crippen LogP contribution in [0.2, 0.25) is 0 Å². The van der Waals surface area contributed by atoms with Gasteiger partial charge in [-0.25, -0.2) is 0 Å². The second-order valence-corrected chi connectivity index (χ2v) is 6.66. The average molecular weight is 263 g/mol. The third kappa shape index (κ3) is 2.59. The maximum absolute atomic E-state index is 6.72. The van der Waals surface area contributed by atoms with Crippen molar-refractivity contribution in [1.29, 1.82) is 0 Å². The molecule has 0 aromatic heterocycles. The van der Waals surface area contributed by atoms with E-state index >= 15 is 0 Å². The van der Waals surface area contributed by atoms with Gasteiger partial charge in [0.2, 0.25) is 0 Å². The third-order valence-electron chi connectivity index (χ3n) is 5.11. The zero-order chi connectivity index (χ0) is 12.4. The summed E-state index contributed by atoms with van der Waals surface area (Å²) in [6, 6.07) is 10.7. The average Bonchev–Trinajstić information content (AvgIpc) is 2.47.